The molecule has 2 heterocycles. The van der Waals surface area contributed by atoms with E-state index in [-0.39, 0.29) is 5.41 Å². The van der Waals surface area contributed by atoms with Crippen molar-refractivity contribution in [2.24, 2.45) is 0 Å². The Morgan fingerprint density at radius 1 is 1.22 bits per heavy atom. The van der Waals surface area contributed by atoms with Crippen LogP contribution in [0.3, 0.4) is 0 Å². The summed E-state index contributed by atoms with van der Waals surface area (Å²) < 4.78 is 1.04. The highest BCUT2D eigenvalue weighted by atomic mass is 15.4. The molecule has 0 bridgehead atoms. The molecule has 0 amide bonds. The van der Waals surface area contributed by atoms with E-state index in [1.807, 2.05) is 6.20 Å². The minimum atomic E-state index is 0.196. The number of hydrogen-bond acceptors (Lipinski definition) is 2. The lowest BCUT2D eigenvalue weighted by atomic mass is 9.87. The molecule has 0 radical (unpaired) electrons. The van der Waals surface area contributed by atoms with Gasteiger partial charge in [0.05, 0.1) is 34.2 Å². The fourth-order valence-corrected chi connectivity index (χ4v) is 2.19. The Bertz CT molecular complexity index is 420. The number of quaternary nitrogens is 1. The third-order valence-corrected chi connectivity index (χ3v) is 3.89. The van der Waals surface area contributed by atoms with Gasteiger partial charge in [-0.1, -0.05) is 20.8 Å². The zero-order valence-electron chi connectivity index (χ0n) is 12.6. The molecule has 0 N–H and O–H groups in total. The lowest BCUT2D eigenvalue weighted by Crippen LogP contribution is -2.64. The van der Waals surface area contributed by atoms with Crippen LogP contribution in [0.1, 0.15) is 26.3 Å². The smallest absolute Gasteiger partial charge is 0.129 e. The van der Waals surface area contributed by atoms with E-state index in [4.69, 9.17) is 0 Å². The van der Waals surface area contributed by atoms with Crippen molar-refractivity contribution in [3.8, 4) is 0 Å². The topological polar surface area (TPSA) is 16.1 Å². The van der Waals surface area contributed by atoms with Crippen LogP contribution < -0.4 is 4.90 Å². The molecule has 0 saturated carbocycles. The molecular weight excluding hydrogens is 222 g/mol. The Kier molecular flexibility index (Phi) is 3.14. The second-order valence-corrected chi connectivity index (χ2v) is 7.33. The highest BCUT2D eigenvalue weighted by molar-refractivity contribution is 5.45. The maximum absolute atomic E-state index is 4.51. The molecule has 1 aromatic rings. The average molecular weight is 248 g/mol. The van der Waals surface area contributed by atoms with Crippen molar-refractivity contribution in [1.29, 1.82) is 0 Å². The van der Waals surface area contributed by atoms with Crippen molar-refractivity contribution >= 4 is 5.82 Å². The molecule has 3 nitrogen and oxygen atoms in total. The van der Waals surface area contributed by atoms with E-state index in [9.17, 15) is 0 Å². The van der Waals surface area contributed by atoms with Gasteiger partial charge in [0.2, 0.25) is 0 Å². The summed E-state index contributed by atoms with van der Waals surface area (Å²) in [5.74, 6) is 1.13. The molecule has 1 aromatic heterocycles. The van der Waals surface area contributed by atoms with Gasteiger partial charge in [0.15, 0.2) is 0 Å². The maximum Gasteiger partial charge on any atom is 0.129 e. The van der Waals surface area contributed by atoms with Crippen LogP contribution in [0.25, 0.3) is 0 Å². The molecule has 0 aliphatic carbocycles. The number of rotatable bonds is 2. The van der Waals surface area contributed by atoms with E-state index >= 15 is 0 Å². The summed E-state index contributed by atoms with van der Waals surface area (Å²) in [5.41, 5.74) is 1.56. The monoisotopic (exact) mass is 248 g/mol. The predicted octanol–water partition coefficient (Wildman–Crippen LogP) is 2.27. The van der Waals surface area contributed by atoms with Crippen molar-refractivity contribution in [3.05, 3.63) is 23.9 Å². The van der Waals surface area contributed by atoms with Crippen molar-refractivity contribution in [3.63, 3.8) is 0 Å². The van der Waals surface area contributed by atoms with Gasteiger partial charge in [0.1, 0.15) is 11.9 Å². The van der Waals surface area contributed by atoms with Crippen molar-refractivity contribution in [2.75, 3.05) is 39.1 Å². The van der Waals surface area contributed by atoms with Crippen LogP contribution in [0.5, 0.6) is 0 Å². The summed E-state index contributed by atoms with van der Waals surface area (Å²) in [6.45, 7) is 8.97. The summed E-state index contributed by atoms with van der Waals surface area (Å²) in [6.07, 6.45) is 1.94. The minimum Gasteiger partial charge on any atom is -0.345 e. The van der Waals surface area contributed by atoms with Gasteiger partial charge in [-0.05, 0) is 23.1 Å². The van der Waals surface area contributed by atoms with Gasteiger partial charge < -0.3 is 9.38 Å². The van der Waals surface area contributed by atoms with Gasteiger partial charge in [-0.2, -0.15) is 0 Å². The molecule has 0 spiro atoms. The number of likely N-dealkylation sites (N-methyl/N-ethyl adjacent to an activating group) is 1. The second kappa shape index (κ2) is 4.23. The summed E-state index contributed by atoms with van der Waals surface area (Å²) in [6, 6.07) is 5.09. The first kappa shape index (κ1) is 13.3. The molecule has 1 saturated heterocycles. The van der Waals surface area contributed by atoms with E-state index in [1.54, 1.807) is 0 Å². The van der Waals surface area contributed by atoms with E-state index in [2.05, 4.69) is 63.9 Å². The lowest BCUT2D eigenvalue weighted by Gasteiger charge is -2.47. The molecule has 1 aliphatic rings. The average Bonchev–Trinajstić information content (AvgIpc) is 2.12. The highest BCUT2D eigenvalue weighted by Crippen LogP contribution is 2.28. The Morgan fingerprint density at radius 3 is 2.33 bits per heavy atom. The first-order chi connectivity index (χ1) is 8.18. The molecule has 0 aromatic carbocycles. The number of nitrogens with zero attached hydrogens (tertiary/aromatic N) is 3. The second-order valence-electron chi connectivity index (χ2n) is 7.33. The summed E-state index contributed by atoms with van der Waals surface area (Å²) >= 11 is 0. The summed E-state index contributed by atoms with van der Waals surface area (Å²) in [4.78, 5) is 6.89. The maximum atomic E-state index is 4.51. The van der Waals surface area contributed by atoms with Crippen LogP contribution in [0.4, 0.5) is 5.82 Å². The quantitative estimate of drug-likeness (QED) is 0.746. The molecule has 3 heteroatoms. The van der Waals surface area contributed by atoms with Gasteiger partial charge in [-0.25, -0.2) is 4.98 Å². The number of anilines is 1. The molecular formula is C15H26N3+. The Morgan fingerprint density at radius 2 is 1.83 bits per heavy atom. The fourth-order valence-electron chi connectivity index (χ4n) is 2.19. The molecule has 2 rings (SSSR count). The SMILES string of the molecule is CC(C)(C)c1ccnc(N2CC([N+](C)(C)C)C2)c1. The van der Waals surface area contributed by atoms with Crippen LogP contribution in [0, 0.1) is 0 Å². The minimum absolute atomic E-state index is 0.196. The van der Waals surface area contributed by atoms with E-state index in [0.717, 1.165) is 29.4 Å². The summed E-state index contributed by atoms with van der Waals surface area (Å²) in [7, 11) is 6.79. The molecule has 0 unspecified atom stereocenters. The van der Waals surface area contributed by atoms with Crippen molar-refractivity contribution < 1.29 is 4.48 Å². The zero-order chi connectivity index (χ0) is 13.6. The molecule has 100 valence electrons. The Balaban J connectivity index is 2.09. The Labute approximate surface area is 111 Å². The van der Waals surface area contributed by atoms with Crippen LogP contribution in [0.2, 0.25) is 0 Å². The van der Waals surface area contributed by atoms with Crippen LogP contribution >= 0.6 is 0 Å². The zero-order valence-corrected chi connectivity index (χ0v) is 12.6. The van der Waals surface area contributed by atoms with E-state index < -0.39 is 0 Å². The van der Waals surface area contributed by atoms with Gasteiger partial charge >= 0.3 is 0 Å². The van der Waals surface area contributed by atoms with Crippen LogP contribution in [-0.4, -0.2) is 49.7 Å². The first-order valence-electron chi connectivity index (χ1n) is 6.70. The molecule has 1 fully saturated rings. The van der Waals surface area contributed by atoms with Gasteiger partial charge in [-0.15, -0.1) is 0 Å². The number of pyridine rings is 1. The molecule has 1 aliphatic heterocycles. The van der Waals surface area contributed by atoms with E-state index in [1.165, 1.54) is 5.56 Å². The van der Waals surface area contributed by atoms with Gasteiger partial charge in [0, 0.05) is 6.20 Å². The van der Waals surface area contributed by atoms with Crippen molar-refractivity contribution in [2.45, 2.75) is 32.2 Å². The van der Waals surface area contributed by atoms with Crippen LogP contribution in [0.15, 0.2) is 18.3 Å². The van der Waals surface area contributed by atoms with Gasteiger partial charge in [0.25, 0.3) is 0 Å². The number of aromatic nitrogens is 1. The third-order valence-electron chi connectivity index (χ3n) is 3.89. The lowest BCUT2D eigenvalue weighted by molar-refractivity contribution is -0.896. The van der Waals surface area contributed by atoms with E-state index in [0.29, 0.717) is 0 Å². The van der Waals surface area contributed by atoms with Gasteiger partial charge in [-0.3, -0.25) is 0 Å². The predicted molar refractivity (Wildman–Crippen MR) is 77.0 cm³/mol. The molecule has 18 heavy (non-hydrogen) atoms. The number of hydrogen-bond donors (Lipinski definition) is 0. The van der Waals surface area contributed by atoms with Crippen LogP contribution in [-0.2, 0) is 5.41 Å². The van der Waals surface area contributed by atoms with Crippen molar-refractivity contribution in [1.82, 2.24) is 4.98 Å². The fraction of sp³-hybridized carbons (Fsp3) is 0.667. The highest BCUT2D eigenvalue weighted by Gasteiger charge is 2.37. The first-order valence-corrected chi connectivity index (χ1v) is 6.70. The third kappa shape index (κ3) is 2.66. The molecule has 0 atom stereocenters. The summed E-state index contributed by atoms with van der Waals surface area (Å²) in [5, 5.41) is 0. The standard InChI is InChI=1S/C15H26N3/c1-15(2,3)12-7-8-16-14(9-12)17-10-13(11-17)18(4,5)6/h7-9,13H,10-11H2,1-6H3/q+1. The Hall–Kier alpha value is -1.09. The largest absolute Gasteiger partial charge is 0.345 e. The normalized spacial score (nSPS) is 17.8.